The van der Waals surface area contributed by atoms with Crippen molar-refractivity contribution in [3.63, 3.8) is 0 Å². The fourth-order valence-corrected chi connectivity index (χ4v) is 11.6. The Morgan fingerprint density at radius 3 is 1.78 bits per heavy atom. The summed E-state index contributed by atoms with van der Waals surface area (Å²) in [5, 5.41) is 15.3. The molecule has 0 radical (unpaired) electrons. The van der Waals surface area contributed by atoms with E-state index in [4.69, 9.17) is 4.99 Å². The number of hydrogen-bond donors (Lipinski definition) is 0. The van der Waals surface area contributed by atoms with E-state index in [0.717, 1.165) is 6.42 Å². The third kappa shape index (κ3) is 5.63. The van der Waals surface area contributed by atoms with Crippen LogP contribution in [-0.2, 0) is 5.41 Å². The number of hydrogen-bond acceptors (Lipinski definition) is 1. The molecule has 12 aromatic rings. The average molecular weight is 831 g/mol. The highest BCUT2D eigenvalue weighted by Gasteiger charge is 2.28. The summed E-state index contributed by atoms with van der Waals surface area (Å²) in [7, 11) is 0. The van der Waals surface area contributed by atoms with Gasteiger partial charge in [0.1, 0.15) is 0 Å². The number of dihydropyridines is 1. The van der Waals surface area contributed by atoms with Crippen molar-refractivity contribution in [2.24, 2.45) is 4.99 Å². The van der Waals surface area contributed by atoms with Gasteiger partial charge in [-0.05, 0) is 137 Å². The third-order valence-electron chi connectivity index (χ3n) is 14.7. The van der Waals surface area contributed by atoms with E-state index in [1.807, 2.05) is 12.3 Å². The minimum absolute atomic E-state index is 0.151. The highest BCUT2D eigenvalue weighted by atomic mass is 15.0. The zero-order valence-corrected chi connectivity index (χ0v) is 36.8. The van der Waals surface area contributed by atoms with Gasteiger partial charge in [-0.1, -0.05) is 184 Å². The smallest absolute Gasteiger partial charge is 0.0783 e. The number of fused-ring (bicyclic) bond motifs is 5. The molecule has 2 heteroatoms. The van der Waals surface area contributed by atoms with Crippen molar-refractivity contribution in [3.05, 3.63) is 222 Å². The van der Waals surface area contributed by atoms with Crippen LogP contribution in [0.4, 0.5) is 0 Å². The van der Waals surface area contributed by atoms with Crippen LogP contribution in [0.25, 0.3) is 104 Å². The fraction of sp³-hybridized carbons (Fsp3) is 0.0952. The molecule has 65 heavy (non-hydrogen) atoms. The second kappa shape index (κ2) is 14.4. The van der Waals surface area contributed by atoms with Crippen molar-refractivity contribution >= 4 is 81.9 Å². The van der Waals surface area contributed by atoms with Gasteiger partial charge in [-0.3, -0.25) is 4.99 Å². The summed E-state index contributed by atoms with van der Waals surface area (Å²) >= 11 is 0. The number of aryl methyl sites for hydroxylation is 1. The second-order valence-corrected chi connectivity index (χ2v) is 18.6. The van der Waals surface area contributed by atoms with E-state index in [1.165, 1.54) is 126 Å². The van der Waals surface area contributed by atoms with Crippen LogP contribution in [0.3, 0.4) is 0 Å². The van der Waals surface area contributed by atoms with E-state index in [1.54, 1.807) is 0 Å². The molecule has 0 bridgehead atoms. The molecule has 0 fully saturated rings. The molecule has 0 amide bonds. The zero-order chi connectivity index (χ0) is 43.4. The van der Waals surface area contributed by atoms with Gasteiger partial charge in [-0.2, -0.15) is 0 Å². The number of benzene rings is 11. The van der Waals surface area contributed by atoms with Crippen molar-refractivity contribution in [1.82, 2.24) is 4.57 Å². The summed E-state index contributed by atoms with van der Waals surface area (Å²) in [5.74, 6) is 0. The predicted octanol–water partition coefficient (Wildman–Crippen LogP) is 17.0. The topological polar surface area (TPSA) is 17.3 Å². The van der Waals surface area contributed by atoms with Crippen LogP contribution in [0.1, 0.15) is 48.6 Å². The van der Waals surface area contributed by atoms with Crippen LogP contribution in [0.5, 0.6) is 0 Å². The summed E-state index contributed by atoms with van der Waals surface area (Å²) in [4.78, 5) is 4.81. The fourth-order valence-electron chi connectivity index (χ4n) is 11.6. The molecule has 11 aromatic carbocycles. The first-order valence-corrected chi connectivity index (χ1v) is 23.0. The molecule has 1 unspecified atom stereocenters. The van der Waals surface area contributed by atoms with Gasteiger partial charge in [0, 0.05) is 27.8 Å². The molecule has 1 atom stereocenters. The van der Waals surface area contributed by atoms with Crippen LogP contribution in [0, 0.1) is 6.92 Å². The zero-order valence-electron chi connectivity index (χ0n) is 36.8. The molecule has 0 saturated carbocycles. The molecule has 0 N–H and O–H groups in total. The molecular formula is C63H46N2. The minimum Gasteiger partial charge on any atom is -0.309 e. The standard InChI is InChI=1S/C63H46N2/c1-39-37-52-53(38-54(39)63(2,3)44-15-5-4-6-16-44)59(41-26-24-40(25-27-41)55-21-13-14-36-64-55)47-19-7-8-20-48(47)62(52)50-33-29-42-30-34-51-58(35-31-43-28-32-49(50)60(42)61(43)51)65-56-22-11-9-17-45(56)46-18-10-12-23-57(46)65/h4-20,22-38,55H,21H2,1-3H3. The van der Waals surface area contributed by atoms with Gasteiger partial charge in [0.25, 0.3) is 0 Å². The maximum absolute atomic E-state index is 4.81. The highest BCUT2D eigenvalue weighted by molar-refractivity contribution is 6.30. The lowest BCUT2D eigenvalue weighted by molar-refractivity contribution is 0.637. The monoisotopic (exact) mass is 830 g/mol. The Balaban J connectivity index is 1.10. The first-order valence-electron chi connectivity index (χ1n) is 23.0. The van der Waals surface area contributed by atoms with E-state index in [9.17, 15) is 0 Å². The van der Waals surface area contributed by atoms with E-state index < -0.39 is 0 Å². The van der Waals surface area contributed by atoms with Crippen LogP contribution in [-0.4, -0.2) is 10.8 Å². The lowest BCUT2D eigenvalue weighted by atomic mass is 9.74. The number of para-hydroxylation sites is 2. The number of aromatic nitrogens is 1. The Morgan fingerprint density at radius 2 is 1.09 bits per heavy atom. The van der Waals surface area contributed by atoms with Crippen LogP contribution in [0.2, 0.25) is 0 Å². The largest absolute Gasteiger partial charge is 0.309 e. The van der Waals surface area contributed by atoms with Gasteiger partial charge in [0.05, 0.1) is 22.8 Å². The van der Waals surface area contributed by atoms with Gasteiger partial charge in [-0.15, -0.1) is 0 Å². The van der Waals surface area contributed by atoms with E-state index in [0.29, 0.717) is 0 Å². The normalized spacial score (nSPS) is 14.4. The summed E-state index contributed by atoms with van der Waals surface area (Å²) in [5.41, 5.74) is 13.7. The molecule has 0 spiro atoms. The second-order valence-electron chi connectivity index (χ2n) is 18.6. The molecule has 0 aliphatic carbocycles. The third-order valence-corrected chi connectivity index (χ3v) is 14.7. The molecule has 1 aliphatic rings. The first-order chi connectivity index (χ1) is 31.9. The van der Waals surface area contributed by atoms with Crippen molar-refractivity contribution in [1.29, 1.82) is 0 Å². The number of rotatable bonds is 6. The SMILES string of the molecule is Cc1cc2c(-c3ccc4ccc5c(-n6c7ccccc7c7ccccc76)ccc6ccc3c4c65)c3ccccc3c(-c3ccc(C4CC=CC=N4)cc3)c2cc1C(C)(C)c1ccccc1. The van der Waals surface area contributed by atoms with Gasteiger partial charge in [-0.25, -0.2) is 0 Å². The first kappa shape index (κ1) is 37.7. The molecular weight excluding hydrogens is 785 g/mol. The molecule has 13 rings (SSSR count). The Bertz CT molecular complexity index is 3880. The van der Waals surface area contributed by atoms with E-state index >= 15 is 0 Å². The van der Waals surface area contributed by atoms with Crippen LogP contribution in [0.15, 0.2) is 205 Å². The van der Waals surface area contributed by atoms with Gasteiger partial charge in [0.2, 0.25) is 0 Å². The molecule has 0 saturated heterocycles. The summed E-state index contributed by atoms with van der Waals surface area (Å²) in [6.45, 7) is 7.06. The summed E-state index contributed by atoms with van der Waals surface area (Å²) in [6, 6.07) is 71.0. The van der Waals surface area contributed by atoms with Gasteiger partial charge < -0.3 is 4.57 Å². The Morgan fingerprint density at radius 1 is 0.508 bits per heavy atom. The van der Waals surface area contributed by atoms with Gasteiger partial charge >= 0.3 is 0 Å². The maximum Gasteiger partial charge on any atom is 0.0783 e. The minimum atomic E-state index is -0.222. The predicted molar refractivity (Wildman–Crippen MR) is 279 cm³/mol. The van der Waals surface area contributed by atoms with Gasteiger partial charge in [0.15, 0.2) is 0 Å². The number of allylic oxidation sites excluding steroid dienone is 1. The lowest BCUT2D eigenvalue weighted by Crippen LogP contribution is -2.20. The molecule has 1 aliphatic heterocycles. The molecule has 308 valence electrons. The Hall–Kier alpha value is -7.81. The van der Waals surface area contributed by atoms with Crippen molar-refractivity contribution in [2.45, 2.75) is 38.6 Å². The van der Waals surface area contributed by atoms with E-state index in [2.05, 4.69) is 219 Å². The molecule has 1 aromatic heterocycles. The quantitative estimate of drug-likeness (QED) is 0.117. The number of nitrogens with zero attached hydrogens (tertiary/aromatic N) is 2. The van der Waals surface area contributed by atoms with Crippen molar-refractivity contribution < 1.29 is 0 Å². The Labute approximate surface area is 378 Å². The van der Waals surface area contributed by atoms with Crippen molar-refractivity contribution in [3.8, 4) is 27.9 Å². The average Bonchev–Trinajstić information content (AvgIpc) is 3.69. The Kier molecular flexibility index (Phi) is 8.33. The summed E-state index contributed by atoms with van der Waals surface area (Å²) < 4.78 is 2.47. The van der Waals surface area contributed by atoms with E-state index in [-0.39, 0.29) is 11.5 Å². The lowest BCUT2D eigenvalue weighted by Gasteiger charge is -2.30. The number of aliphatic imine (C=N–C) groups is 1. The highest BCUT2D eigenvalue weighted by Crippen LogP contribution is 2.50. The maximum atomic E-state index is 4.81. The summed E-state index contributed by atoms with van der Waals surface area (Å²) in [6.07, 6.45) is 7.12. The van der Waals surface area contributed by atoms with Crippen LogP contribution < -0.4 is 0 Å². The van der Waals surface area contributed by atoms with Crippen molar-refractivity contribution in [2.75, 3.05) is 0 Å². The molecule has 2 nitrogen and oxygen atoms in total. The molecule has 2 heterocycles. The van der Waals surface area contributed by atoms with Crippen LogP contribution >= 0.6 is 0 Å².